The molecule has 7 heteroatoms. The minimum absolute atomic E-state index is 0.278. The molecule has 0 bridgehead atoms. The van der Waals surface area contributed by atoms with E-state index < -0.39 is 18.0 Å². The largest absolute Gasteiger partial charge is 0.479 e. The maximum absolute atomic E-state index is 11.5. The Morgan fingerprint density at radius 2 is 2.25 bits per heavy atom. The van der Waals surface area contributed by atoms with Gasteiger partial charge < -0.3 is 15.5 Å². The number of hydrogen-bond donors (Lipinski definition) is 3. The maximum atomic E-state index is 11.5. The Hall–Kier alpha value is -1.47. The van der Waals surface area contributed by atoms with Gasteiger partial charge in [0.15, 0.2) is 6.10 Å². The Bertz CT molecular complexity index is 410. The van der Waals surface area contributed by atoms with Gasteiger partial charge in [-0.3, -0.25) is 4.79 Å². The predicted molar refractivity (Wildman–Crippen MR) is 57.9 cm³/mol. The van der Waals surface area contributed by atoms with Crippen LogP contribution in [0.3, 0.4) is 0 Å². The molecule has 1 rings (SSSR count). The van der Waals surface area contributed by atoms with Crippen LogP contribution in [0, 0.1) is 0 Å². The Kier molecular flexibility index (Phi) is 4.39. The first-order chi connectivity index (χ1) is 7.52. The molecule has 0 spiro atoms. The van der Waals surface area contributed by atoms with Crippen molar-refractivity contribution < 1.29 is 19.8 Å². The Morgan fingerprint density at radius 1 is 1.56 bits per heavy atom. The summed E-state index contributed by atoms with van der Waals surface area (Å²) in [6.07, 6.45) is -0.105. The zero-order valence-corrected chi connectivity index (χ0v) is 9.64. The molecular weight excluding hydrogens is 280 g/mol. The van der Waals surface area contributed by atoms with Crippen LogP contribution in [0.25, 0.3) is 0 Å². The molecule has 0 saturated heterocycles. The van der Waals surface area contributed by atoms with Gasteiger partial charge in [0.05, 0.1) is 12.1 Å². The SMILES string of the molecule is O=C(NC[C@H](O)C(=O)O)c1cccnc1Br. The number of aliphatic carboxylic acids is 1. The summed E-state index contributed by atoms with van der Waals surface area (Å²) in [5.74, 6) is -1.88. The van der Waals surface area contributed by atoms with Crippen molar-refractivity contribution in [2.75, 3.05) is 6.54 Å². The van der Waals surface area contributed by atoms with Gasteiger partial charge in [-0.05, 0) is 28.1 Å². The van der Waals surface area contributed by atoms with Crippen LogP contribution < -0.4 is 5.32 Å². The molecular formula is C9H9BrN2O4. The lowest BCUT2D eigenvalue weighted by Gasteiger charge is -2.08. The highest BCUT2D eigenvalue weighted by atomic mass is 79.9. The molecule has 0 aromatic carbocycles. The van der Waals surface area contributed by atoms with Crippen LogP contribution in [-0.4, -0.2) is 39.7 Å². The number of amides is 1. The molecule has 0 radical (unpaired) electrons. The second kappa shape index (κ2) is 5.57. The summed E-state index contributed by atoms with van der Waals surface area (Å²) in [6.45, 7) is -0.352. The van der Waals surface area contributed by atoms with Gasteiger partial charge in [-0.1, -0.05) is 0 Å². The third-order valence-corrected chi connectivity index (χ3v) is 2.38. The summed E-state index contributed by atoms with van der Waals surface area (Å²) in [6, 6.07) is 3.10. The van der Waals surface area contributed by atoms with Crippen molar-refractivity contribution in [3.05, 3.63) is 28.5 Å². The third-order valence-electron chi connectivity index (χ3n) is 1.74. The average Bonchev–Trinajstić information content (AvgIpc) is 2.25. The van der Waals surface area contributed by atoms with Crippen LogP contribution in [0.1, 0.15) is 10.4 Å². The number of nitrogens with one attached hydrogen (secondary N) is 1. The Balaban J connectivity index is 2.60. The number of aliphatic hydroxyl groups is 1. The first-order valence-electron chi connectivity index (χ1n) is 4.32. The molecule has 1 atom stereocenters. The number of aromatic nitrogens is 1. The Morgan fingerprint density at radius 3 is 2.81 bits per heavy atom. The van der Waals surface area contributed by atoms with Crippen LogP contribution in [0.2, 0.25) is 0 Å². The van der Waals surface area contributed by atoms with Crippen LogP contribution >= 0.6 is 15.9 Å². The topological polar surface area (TPSA) is 99.5 Å². The van der Waals surface area contributed by atoms with Crippen molar-refractivity contribution in [1.82, 2.24) is 10.3 Å². The molecule has 86 valence electrons. The molecule has 6 nitrogen and oxygen atoms in total. The third kappa shape index (κ3) is 3.28. The standard InChI is InChI=1S/C9H9BrN2O4/c10-7-5(2-1-3-11-7)8(14)12-4-6(13)9(15)16/h1-3,6,13H,4H2,(H,12,14)(H,15,16)/t6-/m0/s1. The molecule has 0 unspecified atom stereocenters. The maximum Gasteiger partial charge on any atom is 0.334 e. The fourth-order valence-electron chi connectivity index (χ4n) is 0.927. The number of carboxylic acid groups (broad SMARTS) is 1. The number of rotatable bonds is 4. The summed E-state index contributed by atoms with van der Waals surface area (Å²) in [4.78, 5) is 25.6. The number of nitrogens with zero attached hydrogens (tertiary/aromatic N) is 1. The molecule has 1 aromatic heterocycles. The summed E-state index contributed by atoms with van der Waals surface area (Å²) in [5, 5.41) is 19.6. The number of pyridine rings is 1. The van der Waals surface area contributed by atoms with Crippen molar-refractivity contribution in [2.45, 2.75) is 6.10 Å². The van der Waals surface area contributed by atoms with Crippen LogP contribution in [0.15, 0.2) is 22.9 Å². The van der Waals surface area contributed by atoms with Crippen molar-refractivity contribution in [3.63, 3.8) is 0 Å². The number of carbonyl (C=O) groups is 2. The molecule has 3 N–H and O–H groups in total. The number of hydrogen-bond acceptors (Lipinski definition) is 4. The lowest BCUT2D eigenvalue weighted by atomic mass is 10.2. The van der Waals surface area contributed by atoms with Crippen LogP contribution in [0.5, 0.6) is 0 Å². The van der Waals surface area contributed by atoms with Crippen molar-refractivity contribution in [1.29, 1.82) is 0 Å². The molecule has 16 heavy (non-hydrogen) atoms. The van der Waals surface area contributed by atoms with Gasteiger partial charge in [-0.15, -0.1) is 0 Å². The first-order valence-corrected chi connectivity index (χ1v) is 5.11. The van der Waals surface area contributed by atoms with Crippen molar-refractivity contribution >= 4 is 27.8 Å². The van der Waals surface area contributed by atoms with E-state index in [1.807, 2.05) is 0 Å². The normalized spacial score (nSPS) is 11.9. The number of carbonyl (C=O) groups excluding carboxylic acids is 1. The number of halogens is 1. The number of carboxylic acids is 1. The van der Waals surface area contributed by atoms with Gasteiger partial charge in [0.1, 0.15) is 4.60 Å². The second-order valence-electron chi connectivity index (χ2n) is 2.91. The highest BCUT2D eigenvalue weighted by Crippen LogP contribution is 2.11. The molecule has 1 aromatic rings. The molecule has 0 aliphatic carbocycles. The average molecular weight is 289 g/mol. The van der Waals surface area contributed by atoms with E-state index in [0.717, 1.165) is 0 Å². The van der Waals surface area contributed by atoms with E-state index >= 15 is 0 Å². The molecule has 0 aliphatic heterocycles. The van der Waals surface area contributed by atoms with E-state index in [2.05, 4.69) is 26.2 Å². The highest BCUT2D eigenvalue weighted by molar-refractivity contribution is 9.10. The smallest absolute Gasteiger partial charge is 0.334 e. The first kappa shape index (κ1) is 12.6. The molecule has 0 fully saturated rings. The van der Waals surface area contributed by atoms with E-state index in [1.54, 1.807) is 6.07 Å². The quantitative estimate of drug-likeness (QED) is 0.679. The van der Waals surface area contributed by atoms with E-state index in [-0.39, 0.29) is 12.1 Å². The van der Waals surface area contributed by atoms with Gasteiger partial charge in [0.25, 0.3) is 5.91 Å². The summed E-state index contributed by atoms with van der Waals surface area (Å²) >= 11 is 3.08. The minimum Gasteiger partial charge on any atom is -0.479 e. The predicted octanol–water partition coefficient (Wildman–Crippen LogP) is 0.0194. The van der Waals surface area contributed by atoms with Gasteiger partial charge in [-0.2, -0.15) is 0 Å². The molecule has 1 heterocycles. The van der Waals surface area contributed by atoms with Crippen molar-refractivity contribution in [2.24, 2.45) is 0 Å². The van der Waals surface area contributed by atoms with Gasteiger partial charge in [0, 0.05) is 6.20 Å². The molecule has 1 amide bonds. The van der Waals surface area contributed by atoms with Gasteiger partial charge in [-0.25, -0.2) is 9.78 Å². The second-order valence-corrected chi connectivity index (χ2v) is 3.66. The lowest BCUT2D eigenvalue weighted by molar-refractivity contribution is -0.146. The van der Waals surface area contributed by atoms with Crippen molar-refractivity contribution in [3.8, 4) is 0 Å². The van der Waals surface area contributed by atoms with E-state index in [0.29, 0.717) is 4.60 Å². The Labute approximate surface area is 99.4 Å². The van der Waals surface area contributed by atoms with Gasteiger partial charge >= 0.3 is 5.97 Å². The number of aliphatic hydroxyl groups excluding tert-OH is 1. The van der Waals surface area contributed by atoms with E-state index in [1.165, 1.54) is 12.3 Å². The van der Waals surface area contributed by atoms with E-state index in [4.69, 9.17) is 10.2 Å². The highest BCUT2D eigenvalue weighted by Gasteiger charge is 2.16. The molecule has 0 saturated carbocycles. The van der Waals surface area contributed by atoms with Crippen LogP contribution in [-0.2, 0) is 4.79 Å². The summed E-state index contributed by atoms with van der Waals surface area (Å²) < 4.78 is 0.359. The zero-order chi connectivity index (χ0) is 12.1. The zero-order valence-electron chi connectivity index (χ0n) is 8.05. The lowest BCUT2D eigenvalue weighted by Crippen LogP contribution is -2.36. The van der Waals surface area contributed by atoms with Crippen LogP contribution in [0.4, 0.5) is 0 Å². The monoisotopic (exact) mass is 288 g/mol. The van der Waals surface area contributed by atoms with Gasteiger partial charge in [0.2, 0.25) is 0 Å². The molecule has 0 aliphatic rings. The summed E-state index contributed by atoms with van der Waals surface area (Å²) in [5.41, 5.74) is 0.278. The fourth-order valence-corrected chi connectivity index (χ4v) is 1.36. The van der Waals surface area contributed by atoms with E-state index in [9.17, 15) is 9.59 Å². The minimum atomic E-state index is -1.61. The summed E-state index contributed by atoms with van der Waals surface area (Å²) in [7, 11) is 0. The fraction of sp³-hybridized carbons (Fsp3) is 0.222.